The molecular formula is C12H17N5OS. The number of thioether (sulfide) groups is 1. The number of aromatic nitrogens is 1. The molecule has 0 aliphatic heterocycles. The average Bonchev–Trinajstić information content (AvgIpc) is 2.46. The van der Waals surface area contributed by atoms with Gasteiger partial charge in [0.05, 0.1) is 18.3 Å². The van der Waals surface area contributed by atoms with Crippen LogP contribution in [-0.2, 0) is 5.75 Å². The topological polar surface area (TPSA) is 93.3 Å². The number of nitrogens with zero attached hydrogens (tertiary/aromatic N) is 3. The van der Waals surface area contributed by atoms with E-state index in [0.717, 1.165) is 11.4 Å². The van der Waals surface area contributed by atoms with Gasteiger partial charge in [-0.05, 0) is 12.1 Å². The van der Waals surface area contributed by atoms with Gasteiger partial charge in [-0.2, -0.15) is 17.0 Å². The van der Waals surface area contributed by atoms with E-state index in [1.807, 2.05) is 18.2 Å². The van der Waals surface area contributed by atoms with Gasteiger partial charge in [0, 0.05) is 24.8 Å². The highest BCUT2D eigenvalue weighted by Crippen LogP contribution is 2.10. The SMILES string of the molecule is CN=C(NC#N)NC(CO)CSCc1ccccn1. The molecule has 6 nitrogen and oxygen atoms in total. The van der Waals surface area contributed by atoms with Crippen LogP contribution in [0.3, 0.4) is 0 Å². The van der Waals surface area contributed by atoms with Gasteiger partial charge in [0.2, 0.25) is 5.96 Å². The van der Waals surface area contributed by atoms with Crippen molar-refractivity contribution in [2.75, 3.05) is 19.4 Å². The summed E-state index contributed by atoms with van der Waals surface area (Å²) in [7, 11) is 1.57. The van der Waals surface area contributed by atoms with Gasteiger partial charge in [0.25, 0.3) is 0 Å². The molecular weight excluding hydrogens is 262 g/mol. The van der Waals surface area contributed by atoms with Crippen LogP contribution in [0.5, 0.6) is 0 Å². The van der Waals surface area contributed by atoms with Crippen molar-refractivity contribution in [3.05, 3.63) is 30.1 Å². The maximum absolute atomic E-state index is 9.28. The minimum absolute atomic E-state index is 0.0264. The van der Waals surface area contributed by atoms with E-state index in [0.29, 0.717) is 11.7 Å². The Morgan fingerprint density at radius 3 is 3.05 bits per heavy atom. The second-order valence-corrected chi connectivity index (χ2v) is 4.70. The van der Waals surface area contributed by atoms with E-state index in [2.05, 4.69) is 20.6 Å². The summed E-state index contributed by atoms with van der Waals surface area (Å²) in [5.41, 5.74) is 1.00. The van der Waals surface area contributed by atoms with Crippen LogP contribution in [0.4, 0.5) is 0 Å². The van der Waals surface area contributed by atoms with E-state index in [-0.39, 0.29) is 12.6 Å². The Hall–Kier alpha value is -1.78. The maximum atomic E-state index is 9.28. The first-order valence-electron chi connectivity index (χ1n) is 5.77. The van der Waals surface area contributed by atoms with Crippen molar-refractivity contribution in [1.29, 1.82) is 5.26 Å². The third kappa shape index (κ3) is 6.08. The molecule has 0 radical (unpaired) electrons. The maximum Gasteiger partial charge on any atom is 0.204 e. The van der Waals surface area contributed by atoms with Gasteiger partial charge < -0.3 is 10.4 Å². The van der Waals surface area contributed by atoms with Crippen LogP contribution in [0.1, 0.15) is 5.69 Å². The van der Waals surface area contributed by atoms with Gasteiger partial charge >= 0.3 is 0 Å². The number of hydrogen-bond acceptors (Lipinski definition) is 5. The zero-order valence-electron chi connectivity index (χ0n) is 10.7. The number of aliphatic hydroxyl groups excluding tert-OH is 1. The number of nitriles is 1. The molecule has 0 fully saturated rings. The Labute approximate surface area is 117 Å². The largest absolute Gasteiger partial charge is 0.394 e. The highest BCUT2D eigenvalue weighted by molar-refractivity contribution is 7.98. The summed E-state index contributed by atoms with van der Waals surface area (Å²) in [6.45, 7) is -0.0264. The van der Waals surface area contributed by atoms with Crippen LogP contribution in [0, 0.1) is 11.5 Å². The molecule has 0 saturated heterocycles. The first kappa shape index (κ1) is 15.3. The van der Waals surface area contributed by atoms with Gasteiger partial charge in [-0.25, -0.2) is 0 Å². The summed E-state index contributed by atoms with van der Waals surface area (Å²) >= 11 is 1.66. The predicted octanol–water partition coefficient (Wildman–Crippen LogP) is 0.322. The lowest BCUT2D eigenvalue weighted by molar-refractivity contribution is 0.265. The van der Waals surface area contributed by atoms with Gasteiger partial charge in [0.15, 0.2) is 6.19 Å². The van der Waals surface area contributed by atoms with Gasteiger partial charge in [-0.1, -0.05) is 6.07 Å². The third-order valence-corrected chi connectivity index (χ3v) is 3.39. The molecule has 0 bridgehead atoms. The summed E-state index contributed by atoms with van der Waals surface area (Å²) in [6, 6.07) is 5.63. The van der Waals surface area contributed by atoms with E-state index in [9.17, 15) is 5.11 Å². The Morgan fingerprint density at radius 1 is 1.63 bits per heavy atom. The van der Waals surface area contributed by atoms with Gasteiger partial charge in [0.1, 0.15) is 0 Å². The number of nitrogens with one attached hydrogen (secondary N) is 2. The lowest BCUT2D eigenvalue weighted by Gasteiger charge is -2.17. The zero-order chi connectivity index (χ0) is 13.9. The molecule has 19 heavy (non-hydrogen) atoms. The molecule has 0 aliphatic rings. The van der Waals surface area contributed by atoms with E-state index >= 15 is 0 Å². The van der Waals surface area contributed by atoms with Crippen molar-refractivity contribution in [2.24, 2.45) is 4.99 Å². The monoisotopic (exact) mass is 279 g/mol. The summed E-state index contributed by atoms with van der Waals surface area (Å²) in [6.07, 6.45) is 3.55. The Balaban J connectivity index is 2.35. The van der Waals surface area contributed by atoms with Crippen molar-refractivity contribution in [3.63, 3.8) is 0 Å². The van der Waals surface area contributed by atoms with Crippen molar-refractivity contribution in [2.45, 2.75) is 11.8 Å². The second-order valence-electron chi connectivity index (χ2n) is 3.67. The molecule has 1 atom stereocenters. The number of hydrogen-bond donors (Lipinski definition) is 3. The molecule has 0 aromatic carbocycles. The second kappa shape index (κ2) is 9.19. The molecule has 0 amide bonds. The normalized spacial score (nSPS) is 12.6. The van der Waals surface area contributed by atoms with Crippen molar-refractivity contribution >= 4 is 17.7 Å². The lowest BCUT2D eigenvalue weighted by atomic mass is 10.4. The number of rotatable bonds is 6. The third-order valence-electron chi connectivity index (χ3n) is 2.25. The molecule has 3 N–H and O–H groups in total. The molecule has 0 aliphatic carbocycles. The minimum Gasteiger partial charge on any atom is -0.394 e. The zero-order valence-corrected chi connectivity index (χ0v) is 11.5. The lowest BCUT2D eigenvalue weighted by Crippen LogP contribution is -2.44. The number of aliphatic hydroxyl groups is 1. The number of pyridine rings is 1. The molecule has 1 aromatic heterocycles. The molecule has 1 rings (SSSR count). The van der Waals surface area contributed by atoms with Crippen molar-refractivity contribution in [3.8, 4) is 6.19 Å². The number of aliphatic imine (C=N–C) groups is 1. The minimum atomic E-state index is -0.159. The van der Waals surface area contributed by atoms with Crippen LogP contribution in [0.25, 0.3) is 0 Å². The fraction of sp³-hybridized carbons (Fsp3) is 0.417. The summed E-state index contributed by atoms with van der Waals surface area (Å²) in [5, 5.41) is 23.2. The van der Waals surface area contributed by atoms with Gasteiger partial charge in [-0.15, -0.1) is 0 Å². The van der Waals surface area contributed by atoms with Gasteiger partial charge in [-0.3, -0.25) is 15.3 Å². The molecule has 0 saturated carbocycles. The summed E-state index contributed by atoms with van der Waals surface area (Å²) in [4.78, 5) is 8.10. The van der Waals surface area contributed by atoms with Crippen LogP contribution in [0.15, 0.2) is 29.4 Å². The van der Waals surface area contributed by atoms with E-state index < -0.39 is 0 Å². The van der Waals surface area contributed by atoms with E-state index in [4.69, 9.17) is 5.26 Å². The van der Waals surface area contributed by atoms with Crippen LogP contribution in [0.2, 0.25) is 0 Å². The first-order valence-corrected chi connectivity index (χ1v) is 6.92. The molecule has 1 aromatic rings. The molecule has 1 unspecified atom stereocenters. The van der Waals surface area contributed by atoms with Crippen LogP contribution >= 0.6 is 11.8 Å². The first-order chi connectivity index (χ1) is 9.30. The quantitative estimate of drug-likeness (QED) is 0.300. The molecule has 1 heterocycles. The number of guanidine groups is 1. The standard InChI is InChI=1S/C12H17N5OS/c1-14-12(16-9-13)17-11(6-18)8-19-7-10-4-2-3-5-15-10/h2-5,11,18H,6-8H2,1H3,(H2,14,16,17). The fourth-order valence-electron chi connectivity index (χ4n) is 1.33. The van der Waals surface area contributed by atoms with Crippen LogP contribution in [-0.4, -0.2) is 41.5 Å². The Kier molecular flexibility index (Phi) is 7.39. The van der Waals surface area contributed by atoms with Crippen LogP contribution < -0.4 is 10.6 Å². The molecule has 7 heteroatoms. The van der Waals surface area contributed by atoms with Crippen molar-refractivity contribution in [1.82, 2.24) is 15.6 Å². The smallest absolute Gasteiger partial charge is 0.204 e. The molecule has 102 valence electrons. The highest BCUT2D eigenvalue weighted by atomic mass is 32.2. The predicted molar refractivity (Wildman–Crippen MR) is 76.5 cm³/mol. The Morgan fingerprint density at radius 2 is 2.47 bits per heavy atom. The average molecular weight is 279 g/mol. The summed E-state index contributed by atoms with van der Waals surface area (Å²) < 4.78 is 0. The summed E-state index contributed by atoms with van der Waals surface area (Å²) in [5.74, 6) is 1.84. The fourth-order valence-corrected chi connectivity index (χ4v) is 2.30. The van der Waals surface area contributed by atoms with E-state index in [1.165, 1.54) is 0 Å². The van der Waals surface area contributed by atoms with E-state index in [1.54, 1.807) is 31.2 Å². The highest BCUT2D eigenvalue weighted by Gasteiger charge is 2.09. The Bertz CT molecular complexity index is 431. The molecule has 0 spiro atoms. The van der Waals surface area contributed by atoms with Crippen molar-refractivity contribution < 1.29 is 5.11 Å².